The van der Waals surface area contributed by atoms with Crippen molar-refractivity contribution in [1.29, 1.82) is 0 Å². The lowest BCUT2D eigenvalue weighted by Gasteiger charge is -2.43. The summed E-state index contributed by atoms with van der Waals surface area (Å²) in [6, 6.07) is 0.440. The zero-order valence-electron chi connectivity index (χ0n) is 14.2. The van der Waals surface area contributed by atoms with Gasteiger partial charge < -0.3 is 15.0 Å². The first-order valence-electron chi connectivity index (χ1n) is 7.29. The molecule has 0 aliphatic rings. The summed E-state index contributed by atoms with van der Waals surface area (Å²) >= 11 is 0. The van der Waals surface area contributed by atoms with Gasteiger partial charge in [-0.15, -0.1) is 0 Å². The molecule has 0 fully saturated rings. The summed E-state index contributed by atoms with van der Waals surface area (Å²) < 4.78 is 7.59. The summed E-state index contributed by atoms with van der Waals surface area (Å²) in [6.07, 6.45) is 2.84. The van der Waals surface area contributed by atoms with Gasteiger partial charge in [-0.25, -0.2) is 0 Å². The van der Waals surface area contributed by atoms with E-state index < -0.39 is 0 Å². The highest BCUT2D eigenvalue weighted by Gasteiger charge is 2.39. The van der Waals surface area contributed by atoms with Crippen LogP contribution in [0.4, 0.5) is 0 Å². The molecule has 2 atom stereocenters. The standard InChI is InChI=1S/C15H30N4O/c1-9-15(4,18(6)7)14(16-5)13-12(20-8)10-17-19(13)11(2)3/h10-11,14,16H,9H2,1-8H3. The lowest BCUT2D eigenvalue weighted by Crippen LogP contribution is -2.51. The second-order valence-corrected chi connectivity index (χ2v) is 5.96. The first kappa shape index (κ1) is 17.0. The third-order valence-corrected chi connectivity index (χ3v) is 4.43. The monoisotopic (exact) mass is 282 g/mol. The van der Waals surface area contributed by atoms with Crippen LogP contribution in [0.5, 0.6) is 5.75 Å². The van der Waals surface area contributed by atoms with E-state index in [4.69, 9.17) is 4.74 Å². The molecule has 0 aliphatic heterocycles. The second kappa shape index (κ2) is 6.59. The van der Waals surface area contributed by atoms with E-state index in [1.807, 2.05) is 13.2 Å². The summed E-state index contributed by atoms with van der Waals surface area (Å²) in [6.45, 7) is 8.77. The lowest BCUT2D eigenvalue weighted by atomic mass is 9.85. The van der Waals surface area contributed by atoms with Crippen molar-refractivity contribution in [3.63, 3.8) is 0 Å². The minimum Gasteiger partial charge on any atom is -0.493 e. The van der Waals surface area contributed by atoms with E-state index >= 15 is 0 Å². The van der Waals surface area contributed by atoms with Gasteiger partial charge in [0, 0.05) is 11.6 Å². The van der Waals surface area contributed by atoms with E-state index in [1.165, 1.54) is 0 Å². The van der Waals surface area contributed by atoms with Crippen LogP contribution in [0.2, 0.25) is 0 Å². The molecule has 0 aliphatic carbocycles. The highest BCUT2D eigenvalue weighted by Crippen LogP contribution is 2.37. The molecule has 0 radical (unpaired) electrons. The molecule has 1 heterocycles. The first-order chi connectivity index (χ1) is 9.33. The predicted octanol–water partition coefficient (Wildman–Crippen LogP) is 2.46. The first-order valence-corrected chi connectivity index (χ1v) is 7.29. The van der Waals surface area contributed by atoms with Crippen molar-refractivity contribution in [3.8, 4) is 5.75 Å². The molecule has 1 aromatic heterocycles. The molecule has 1 N–H and O–H groups in total. The van der Waals surface area contributed by atoms with Crippen LogP contribution < -0.4 is 10.1 Å². The number of nitrogens with zero attached hydrogens (tertiary/aromatic N) is 3. The van der Waals surface area contributed by atoms with Crippen molar-refractivity contribution >= 4 is 0 Å². The SMILES string of the molecule is CCC(C)(C(NC)c1c(OC)cnn1C(C)C)N(C)C. The van der Waals surface area contributed by atoms with E-state index in [2.05, 4.69) is 61.8 Å². The maximum Gasteiger partial charge on any atom is 0.161 e. The third-order valence-electron chi connectivity index (χ3n) is 4.43. The molecule has 0 bridgehead atoms. The third kappa shape index (κ3) is 2.83. The number of methoxy groups -OCH3 is 1. The molecule has 0 spiro atoms. The van der Waals surface area contributed by atoms with E-state index in [1.54, 1.807) is 7.11 Å². The van der Waals surface area contributed by atoms with E-state index in [-0.39, 0.29) is 11.6 Å². The minimum atomic E-state index is -0.0191. The van der Waals surface area contributed by atoms with Gasteiger partial charge in [-0.2, -0.15) is 5.10 Å². The zero-order valence-corrected chi connectivity index (χ0v) is 14.2. The largest absolute Gasteiger partial charge is 0.493 e. The quantitative estimate of drug-likeness (QED) is 0.834. The van der Waals surface area contributed by atoms with Gasteiger partial charge in [0.25, 0.3) is 0 Å². The predicted molar refractivity (Wildman–Crippen MR) is 83.3 cm³/mol. The Balaban J connectivity index is 3.41. The van der Waals surface area contributed by atoms with Crippen molar-refractivity contribution in [2.75, 3.05) is 28.3 Å². The smallest absolute Gasteiger partial charge is 0.161 e. The van der Waals surface area contributed by atoms with Gasteiger partial charge in [0.2, 0.25) is 0 Å². The van der Waals surface area contributed by atoms with Gasteiger partial charge in [-0.1, -0.05) is 6.92 Å². The van der Waals surface area contributed by atoms with Crippen molar-refractivity contribution in [2.24, 2.45) is 0 Å². The maximum atomic E-state index is 5.54. The van der Waals surface area contributed by atoms with Gasteiger partial charge in [-0.3, -0.25) is 4.68 Å². The molecule has 0 saturated heterocycles. The summed E-state index contributed by atoms with van der Waals surface area (Å²) in [4.78, 5) is 2.27. The van der Waals surface area contributed by atoms with Crippen LogP contribution in [0.25, 0.3) is 0 Å². The maximum absolute atomic E-state index is 5.54. The highest BCUT2D eigenvalue weighted by molar-refractivity contribution is 5.31. The van der Waals surface area contributed by atoms with Gasteiger partial charge in [0.1, 0.15) is 0 Å². The topological polar surface area (TPSA) is 42.3 Å². The van der Waals surface area contributed by atoms with E-state index in [0.29, 0.717) is 6.04 Å². The van der Waals surface area contributed by atoms with Crippen LogP contribution >= 0.6 is 0 Å². The fraction of sp³-hybridized carbons (Fsp3) is 0.800. The van der Waals surface area contributed by atoms with Gasteiger partial charge in [0.05, 0.1) is 25.0 Å². The molecule has 0 amide bonds. The minimum absolute atomic E-state index is 0.0191. The van der Waals surface area contributed by atoms with E-state index in [9.17, 15) is 0 Å². The summed E-state index contributed by atoms with van der Waals surface area (Å²) in [5, 5.41) is 7.96. The molecule has 5 nitrogen and oxygen atoms in total. The van der Waals surface area contributed by atoms with Crippen molar-refractivity contribution in [1.82, 2.24) is 20.0 Å². The number of nitrogens with one attached hydrogen (secondary N) is 1. The number of rotatable bonds is 7. The summed E-state index contributed by atoms with van der Waals surface area (Å²) in [7, 11) is 7.95. The Kier molecular flexibility index (Phi) is 5.59. The fourth-order valence-corrected chi connectivity index (χ4v) is 2.72. The Morgan fingerprint density at radius 3 is 2.40 bits per heavy atom. The van der Waals surface area contributed by atoms with Crippen LogP contribution in [0.3, 0.4) is 0 Å². The molecule has 20 heavy (non-hydrogen) atoms. The summed E-state index contributed by atoms with van der Waals surface area (Å²) in [5.41, 5.74) is 1.09. The average Bonchev–Trinajstić information content (AvgIpc) is 2.82. The zero-order chi connectivity index (χ0) is 15.5. The molecule has 0 saturated carbocycles. The van der Waals surface area contributed by atoms with Gasteiger partial charge >= 0.3 is 0 Å². The van der Waals surface area contributed by atoms with E-state index in [0.717, 1.165) is 17.9 Å². The van der Waals surface area contributed by atoms with Crippen molar-refractivity contribution in [2.45, 2.75) is 51.7 Å². The normalized spacial score (nSPS) is 16.5. The number of hydrogen-bond acceptors (Lipinski definition) is 4. The Morgan fingerprint density at radius 2 is 2.05 bits per heavy atom. The number of hydrogen-bond donors (Lipinski definition) is 1. The van der Waals surface area contributed by atoms with Gasteiger partial charge in [-0.05, 0) is 48.3 Å². The Bertz CT molecular complexity index is 428. The van der Waals surface area contributed by atoms with Crippen LogP contribution in [-0.4, -0.2) is 48.5 Å². The van der Waals surface area contributed by atoms with Crippen LogP contribution in [0.1, 0.15) is 51.9 Å². The fourth-order valence-electron chi connectivity index (χ4n) is 2.72. The molecule has 1 aromatic rings. The molecular formula is C15H30N4O. The Hall–Kier alpha value is -1.07. The second-order valence-electron chi connectivity index (χ2n) is 5.96. The Morgan fingerprint density at radius 1 is 1.45 bits per heavy atom. The molecule has 2 unspecified atom stereocenters. The highest BCUT2D eigenvalue weighted by atomic mass is 16.5. The van der Waals surface area contributed by atoms with Gasteiger partial charge in [0.15, 0.2) is 5.75 Å². The Labute approximate surface area is 123 Å². The molecule has 116 valence electrons. The summed E-state index contributed by atoms with van der Waals surface area (Å²) in [5.74, 6) is 0.847. The van der Waals surface area contributed by atoms with Crippen LogP contribution in [0.15, 0.2) is 6.20 Å². The van der Waals surface area contributed by atoms with Crippen LogP contribution in [0, 0.1) is 0 Å². The molecule has 0 aromatic carbocycles. The number of aromatic nitrogens is 2. The molecular weight excluding hydrogens is 252 g/mol. The van der Waals surface area contributed by atoms with Crippen LogP contribution in [-0.2, 0) is 0 Å². The average molecular weight is 282 g/mol. The lowest BCUT2D eigenvalue weighted by molar-refractivity contribution is 0.110. The molecule has 1 rings (SSSR count). The van der Waals surface area contributed by atoms with Crippen molar-refractivity contribution < 1.29 is 4.74 Å². The van der Waals surface area contributed by atoms with Crippen molar-refractivity contribution in [3.05, 3.63) is 11.9 Å². The number of ether oxygens (including phenoxy) is 1. The number of likely N-dealkylation sites (N-methyl/N-ethyl adjacent to an activating group) is 2. The molecule has 5 heteroatoms.